The first-order chi connectivity index (χ1) is 5.38. The van der Waals surface area contributed by atoms with Crippen molar-refractivity contribution >= 4 is 11.6 Å². The smallest absolute Gasteiger partial charge is 0.132 e. The van der Waals surface area contributed by atoms with Gasteiger partial charge in [0.25, 0.3) is 0 Å². The molecule has 0 bridgehead atoms. The first-order valence-electron chi connectivity index (χ1n) is 2.93. The standard InChI is InChI=1S/C5H4ClN5/c6-3-1-7-10-5(3)4-2-8-11-9-4/h1-2H,(H,7,10)(H,8,9,11). The normalized spacial score (nSPS) is 10.3. The third-order valence-corrected chi connectivity index (χ3v) is 1.55. The Kier molecular flexibility index (Phi) is 1.36. The minimum absolute atomic E-state index is 0.541. The summed E-state index contributed by atoms with van der Waals surface area (Å²) >= 11 is 5.76. The highest BCUT2D eigenvalue weighted by Crippen LogP contribution is 2.21. The van der Waals surface area contributed by atoms with E-state index in [2.05, 4.69) is 25.6 Å². The molecule has 5 nitrogen and oxygen atoms in total. The number of rotatable bonds is 1. The quantitative estimate of drug-likeness (QED) is 0.665. The van der Waals surface area contributed by atoms with Gasteiger partial charge in [-0.05, 0) is 0 Å². The van der Waals surface area contributed by atoms with Crippen molar-refractivity contribution in [1.29, 1.82) is 0 Å². The highest BCUT2D eigenvalue weighted by Gasteiger charge is 2.06. The van der Waals surface area contributed by atoms with Gasteiger partial charge >= 0.3 is 0 Å². The number of nitrogens with one attached hydrogen (secondary N) is 2. The third-order valence-electron chi connectivity index (χ3n) is 1.26. The highest BCUT2D eigenvalue weighted by molar-refractivity contribution is 6.32. The molecule has 0 atom stereocenters. The van der Waals surface area contributed by atoms with Crippen molar-refractivity contribution in [3.05, 3.63) is 17.4 Å². The fraction of sp³-hybridized carbons (Fsp3) is 0. The van der Waals surface area contributed by atoms with E-state index in [0.29, 0.717) is 16.4 Å². The summed E-state index contributed by atoms with van der Waals surface area (Å²) in [5, 5.41) is 16.9. The van der Waals surface area contributed by atoms with E-state index in [-0.39, 0.29) is 0 Å². The van der Waals surface area contributed by atoms with Crippen molar-refractivity contribution < 1.29 is 0 Å². The molecular weight excluding hydrogens is 166 g/mol. The Morgan fingerprint density at radius 3 is 2.73 bits per heavy atom. The number of aromatic nitrogens is 5. The second kappa shape index (κ2) is 2.35. The maximum Gasteiger partial charge on any atom is 0.132 e. The molecule has 0 unspecified atom stereocenters. The van der Waals surface area contributed by atoms with Crippen LogP contribution in [0.25, 0.3) is 11.4 Å². The summed E-state index contributed by atoms with van der Waals surface area (Å²) in [6, 6.07) is 0. The van der Waals surface area contributed by atoms with E-state index in [0.717, 1.165) is 0 Å². The topological polar surface area (TPSA) is 70.2 Å². The fourth-order valence-corrected chi connectivity index (χ4v) is 0.961. The zero-order valence-electron chi connectivity index (χ0n) is 5.37. The lowest BCUT2D eigenvalue weighted by Gasteiger charge is -1.86. The molecule has 11 heavy (non-hydrogen) atoms. The van der Waals surface area contributed by atoms with E-state index in [1.54, 1.807) is 6.20 Å². The summed E-state index contributed by atoms with van der Waals surface area (Å²) in [7, 11) is 0. The molecule has 0 aliphatic heterocycles. The summed E-state index contributed by atoms with van der Waals surface area (Å²) in [4.78, 5) is 0. The van der Waals surface area contributed by atoms with Gasteiger partial charge in [0, 0.05) is 0 Å². The zero-order chi connectivity index (χ0) is 7.68. The largest absolute Gasteiger partial charge is 0.275 e. The summed E-state index contributed by atoms with van der Waals surface area (Å²) in [5.74, 6) is 0. The van der Waals surface area contributed by atoms with Crippen LogP contribution in [-0.2, 0) is 0 Å². The summed E-state index contributed by atoms with van der Waals surface area (Å²) < 4.78 is 0. The molecule has 2 heterocycles. The van der Waals surface area contributed by atoms with Crippen LogP contribution in [0.15, 0.2) is 12.4 Å². The fourth-order valence-electron chi connectivity index (χ4n) is 0.773. The number of aromatic amines is 2. The maximum atomic E-state index is 5.76. The van der Waals surface area contributed by atoms with Crippen molar-refractivity contribution in [3.8, 4) is 11.4 Å². The van der Waals surface area contributed by atoms with Crippen molar-refractivity contribution in [2.24, 2.45) is 0 Å². The molecule has 0 amide bonds. The molecule has 0 spiro atoms. The van der Waals surface area contributed by atoms with Crippen LogP contribution in [0.1, 0.15) is 0 Å². The lowest BCUT2D eigenvalue weighted by molar-refractivity contribution is 0.939. The lowest BCUT2D eigenvalue weighted by atomic mass is 10.3. The Morgan fingerprint density at radius 1 is 1.27 bits per heavy atom. The van der Waals surface area contributed by atoms with Crippen LogP contribution < -0.4 is 0 Å². The SMILES string of the molecule is Clc1cn[nH]c1-c1cn[nH]n1. The number of halogens is 1. The van der Waals surface area contributed by atoms with Gasteiger partial charge in [-0.15, -0.1) is 0 Å². The minimum atomic E-state index is 0.541. The number of nitrogens with zero attached hydrogens (tertiary/aromatic N) is 3. The van der Waals surface area contributed by atoms with Crippen molar-refractivity contribution in [2.75, 3.05) is 0 Å². The van der Waals surface area contributed by atoms with Gasteiger partial charge in [-0.3, -0.25) is 5.10 Å². The zero-order valence-corrected chi connectivity index (χ0v) is 6.13. The van der Waals surface area contributed by atoms with Crippen LogP contribution in [0.4, 0.5) is 0 Å². The van der Waals surface area contributed by atoms with Crippen LogP contribution in [0.2, 0.25) is 5.02 Å². The van der Waals surface area contributed by atoms with Gasteiger partial charge in [-0.2, -0.15) is 20.5 Å². The first kappa shape index (κ1) is 6.36. The van der Waals surface area contributed by atoms with E-state index < -0.39 is 0 Å². The number of H-pyrrole nitrogens is 2. The molecule has 0 radical (unpaired) electrons. The molecule has 0 aliphatic rings. The van der Waals surface area contributed by atoms with Crippen molar-refractivity contribution in [1.82, 2.24) is 25.6 Å². The van der Waals surface area contributed by atoms with Gasteiger partial charge in [-0.1, -0.05) is 11.6 Å². The molecular formula is C5H4ClN5. The molecule has 56 valence electrons. The van der Waals surface area contributed by atoms with Gasteiger partial charge in [0.1, 0.15) is 11.4 Å². The van der Waals surface area contributed by atoms with E-state index >= 15 is 0 Å². The van der Waals surface area contributed by atoms with Crippen LogP contribution in [0.5, 0.6) is 0 Å². The highest BCUT2D eigenvalue weighted by atomic mass is 35.5. The minimum Gasteiger partial charge on any atom is -0.275 e. The monoisotopic (exact) mass is 169 g/mol. The molecule has 0 aliphatic carbocycles. The van der Waals surface area contributed by atoms with Gasteiger partial charge in [0.15, 0.2) is 0 Å². The van der Waals surface area contributed by atoms with Crippen molar-refractivity contribution in [2.45, 2.75) is 0 Å². The summed E-state index contributed by atoms with van der Waals surface area (Å²) in [6.45, 7) is 0. The number of hydrogen-bond acceptors (Lipinski definition) is 3. The number of hydrogen-bond donors (Lipinski definition) is 2. The molecule has 6 heteroatoms. The molecule has 2 rings (SSSR count). The molecule has 0 aromatic carbocycles. The van der Waals surface area contributed by atoms with E-state index in [4.69, 9.17) is 11.6 Å². The predicted octanol–water partition coefficient (Wildman–Crippen LogP) is 0.848. The molecule has 0 saturated heterocycles. The van der Waals surface area contributed by atoms with Crippen LogP contribution in [-0.4, -0.2) is 25.6 Å². The van der Waals surface area contributed by atoms with Gasteiger partial charge in [-0.25, -0.2) is 0 Å². The molecule has 2 aromatic heterocycles. The van der Waals surface area contributed by atoms with Gasteiger partial charge in [0.05, 0.1) is 17.4 Å². The summed E-state index contributed by atoms with van der Waals surface area (Å²) in [6.07, 6.45) is 3.09. The molecule has 2 aromatic rings. The Labute approximate surface area is 66.8 Å². The van der Waals surface area contributed by atoms with Crippen molar-refractivity contribution in [3.63, 3.8) is 0 Å². The second-order valence-corrected chi connectivity index (χ2v) is 2.36. The predicted molar refractivity (Wildman–Crippen MR) is 39.0 cm³/mol. The van der Waals surface area contributed by atoms with E-state index in [9.17, 15) is 0 Å². The molecule has 0 fully saturated rings. The Balaban J connectivity index is 2.53. The third kappa shape index (κ3) is 0.988. The van der Waals surface area contributed by atoms with Crippen LogP contribution in [0.3, 0.4) is 0 Å². The van der Waals surface area contributed by atoms with Crippen LogP contribution in [0, 0.1) is 0 Å². The molecule has 0 saturated carbocycles. The van der Waals surface area contributed by atoms with E-state index in [1.165, 1.54) is 6.20 Å². The maximum absolute atomic E-state index is 5.76. The Bertz CT molecular complexity index is 337. The second-order valence-electron chi connectivity index (χ2n) is 1.95. The Hall–Kier alpha value is -1.36. The average molecular weight is 170 g/mol. The van der Waals surface area contributed by atoms with Gasteiger partial charge < -0.3 is 0 Å². The van der Waals surface area contributed by atoms with Crippen LogP contribution >= 0.6 is 11.6 Å². The summed E-state index contributed by atoms with van der Waals surface area (Å²) in [5.41, 5.74) is 1.34. The Morgan fingerprint density at radius 2 is 2.18 bits per heavy atom. The average Bonchev–Trinajstić information content (AvgIpc) is 2.55. The first-order valence-corrected chi connectivity index (χ1v) is 3.31. The van der Waals surface area contributed by atoms with E-state index in [1.807, 2.05) is 0 Å². The molecule has 2 N–H and O–H groups in total. The van der Waals surface area contributed by atoms with Gasteiger partial charge in [0.2, 0.25) is 0 Å². The lowest BCUT2D eigenvalue weighted by Crippen LogP contribution is -1.78.